The Morgan fingerprint density at radius 3 is 2.73 bits per heavy atom. The van der Waals surface area contributed by atoms with Crippen molar-refractivity contribution in [1.29, 1.82) is 5.41 Å². The van der Waals surface area contributed by atoms with Gasteiger partial charge in [0.1, 0.15) is 0 Å². The maximum Gasteiger partial charge on any atom is 0.0578 e. The van der Waals surface area contributed by atoms with Crippen molar-refractivity contribution in [2.75, 3.05) is 0 Å². The molecule has 0 aromatic carbocycles. The Kier molecular flexibility index (Phi) is 5.75. The first-order valence-corrected chi connectivity index (χ1v) is 4.00. The van der Waals surface area contributed by atoms with E-state index in [-0.39, 0.29) is 6.10 Å². The van der Waals surface area contributed by atoms with Crippen molar-refractivity contribution in [2.24, 2.45) is 0 Å². The molecule has 0 aliphatic carbocycles. The lowest BCUT2D eigenvalue weighted by molar-refractivity contribution is 0.170. The van der Waals surface area contributed by atoms with Gasteiger partial charge in [-0.15, -0.1) is 0 Å². The topological polar surface area (TPSA) is 44.1 Å². The monoisotopic (exact) mass is 155 g/mol. The summed E-state index contributed by atoms with van der Waals surface area (Å²) in [5.41, 5.74) is 0.643. The molecule has 1 atom stereocenters. The van der Waals surface area contributed by atoms with E-state index in [0.29, 0.717) is 25.0 Å². The molecular formula is C9H17NO. The molecule has 0 bridgehead atoms. The third-order valence-corrected chi connectivity index (χ3v) is 1.50. The molecule has 0 aliphatic rings. The molecule has 2 heteroatoms. The lowest BCUT2D eigenvalue weighted by atomic mass is 10.1. The molecule has 1 unspecified atom stereocenters. The number of hydrogen-bond acceptors (Lipinski definition) is 2. The van der Waals surface area contributed by atoms with E-state index in [4.69, 9.17) is 5.41 Å². The van der Waals surface area contributed by atoms with Gasteiger partial charge >= 0.3 is 0 Å². The Labute approximate surface area is 68.4 Å². The number of allylic oxidation sites excluding steroid dienone is 1. The van der Waals surface area contributed by atoms with Gasteiger partial charge in [-0.3, -0.25) is 0 Å². The molecule has 0 aliphatic heterocycles. The molecule has 0 saturated carbocycles. The fraction of sp³-hybridized carbons (Fsp3) is 0.667. The van der Waals surface area contributed by atoms with Gasteiger partial charge in [0.05, 0.1) is 6.10 Å². The minimum atomic E-state index is -0.272. The van der Waals surface area contributed by atoms with Gasteiger partial charge in [0.25, 0.3) is 0 Å². The number of aliphatic hydroxyl groups is 1. The molecule has 0 heterocycles. The van der Waals surface area contributed by atoms with Crippen LogP contribution in [0.2, 0.25) is 0 Å². The molecule has 0 spiro atoms. The van der Waals surface area contributed by atoms with Crippen molar-refractivity contribution >= 4 is 5.71 Å². The Morgan fingerprint density at radius 2 is 2.27 bits per heavy atom. The SMILES string of the molecule is C/C=C\CC(O)CCC(C)=N. The summed E-state index contributed by atoms with van der Waals surface area (Å²) in [7, 11) is 0. The highest BCUT2D eigenvalue weighted by Gasteiger charge is 2.00. The summed E-state index contributed by atoms with van der Waals surface area (Å²) < 4.78 is 0. The second-order valence-electron chi connectivity index (χ2n) is 2.78. The number of hydrogen-bond donors (Lipinski definition) is 2. The molecule has 2 N–H and O–H groups in total. The van der Waals surface area contributed by atoms with E-state index in [9.17, 15) is 5.11 Å². The molecule has 0 saturated heterocycles. The van der Waals surface area contributed by atoms with E-state index < -0.39 is 0 Å². The van der Waals surface area contributed by atoms with Crippen LogP contribution in [0.4, 0.5) is 0 Å². The van der Waals surface area contributed by atoms with Crippen LogP contribution in [0.25, 0.3) is 0 Å². The fourth-order valence-electron chi connectivity index (χ4n) is 0.794. The summed E-state index contributed by atoms with van der Waals surface area (Å²) in [6.45, 7) is 3.71. The zero-order valence-corrected chi connectivity index (χ0v) is 7.30. The molecule has 11 heavy (non-hydrogen) atoms. The van der Waals surface area contributed by atoms with E-state index in [2.05, 4.69) is 0 Å². The van der Waals surface area contributed by atoms with Crippen molar-refractivity contribution in [3.05, 3.63) is 12.2 Å². The molecular weight excluding hydrogens is 138 g/mol. The van der Waals surface area contributed by atoms with E-state index in [1.807, 2.05) is 19.1 Å². The summed E-state index contributed by atoms with van der Waals surface area (Å²) in [6, 6.07) is 0. The average molecular weight is 155 g/mol. The standard InChI is InChI=1S/C9H17NO/c1-3-4-5-9(11)7-6-8(2)10/h3-4,9-11H,5-7H2,1-2H3/b4-3-,10-8?. The number of rotatable bonds is 5. The van der Waals surface area contributed by atoms with Gasteiger partial charge in [-0.25, -0.2) is 0 Å². The third kappa shape index (κ3) is 7.26. The summed E-state index contributed by atoms with van der Waals surface area (Å²) >= 11 is 0. The van der Waals surface area contributed by atoms with Crippen molar-refractivity contribution < 1.29 is 5.11 Å². The van der Waals surface area contributed by atoms with Gasteiger partial charge in [-0.05, 0) is 33.1 Å². The Hall–Kier alpha value is -0.630. The van der Waals surface area contributed by atoms with Crippen molar-refractivity contribution in [3.8, 4) is 0 Å². The van der Waals surface area contributed by atoms with Crippen LogP contribution < -0.4 is 0 Å². The highest BCUT2D eigenvalue weighted by molar-refractivity contribution is 5.78. The lowest BCUT2D eigenvalue weighted by Crippen LogP contribution is -2.06. The predicted octanol–water partition coefficient (Wildman–Crippen LogP) is 2.13. The van der Waals surface area contributed by atoms with Gasteiger partial charge < -0.3 is 10.5 Å². The average Bonchev–Trinajstić information content (AvgIpc) is 1.97. The van der Waals surface area contributed by atoms with Crippen LogP contribution in [0.15, 0.2) is 12.2 Å². The van der Waals surface area contributed by atoms with Crippen molar-refractivity contribution in [3.63, 3.8) is 0 Å². The van der Waals surface area contributed by atoms with Crippen LogP contribution >= 0.6 is 0 Å². The molecule has 64 valence electrons. The first-order chi connectivity index (χ1) is 5.16. The van der Waals surface area contributed by atoms with Crippen LogP contribution in [0, 0.1) is 5.41 Å². The highest BCUT2D eigenvalue weighted by atomic mass is 16.3. The first-order valence-electron chi connectivity index (χ1n) is 4.00. The highest BCUT2D eigenvalue weighted by Crippen LogP contribution is 2.02. The van der Waals surface area contributed by atoms with Crippen LogP contribution in [0.1, 0.15) is 33.1 Å². The van der Waals surface area contributed by atoms with E-state index in [1.54, 1.807) is 6.92 Å². The second kappa shape index (κ2) is 6.10. The Bertz CT molecular complexity index is 140. The Balaban J connectivity index is 3.36. The third-order valence-electron chi connectivity index (χ3n) is 1.50. The van der Waals surface area contributed by atoms with Crippen LogP contribution in [-0.4, -0.2) is 16.9 Å². The minimum absolute atomic E-state index is 0.272. The van der Waals surface area contributed by atoms with Crippen LogP contribution in [-0.2, 0) is 0 Å². The van der Waals surface area contributed by atoms with Crippen LogP contribution in [0.5, 0.6) is 0 Å². The van der Waals surface area contributed by atoms with E-state index >= 15 is 0 Å². The molecule has 0 aromatic rings. The normalized spacial score (nSPS) is 13.7. The summed E-state index contributed by atoms with van der Waals surface area (Å²) in [5.74, 6) is 0. The quantitative estimate of drug-likeness (QED) is 0.463. The molecule has 0 fully saturated rings. The van der Waals surface area contributed by atoms with Gasteiger partial charge in [-0.1, -0.05) is 12.2 Å². The zero-order chi connectivity index (χ0) is 8.69. The molecule has 0 aromatic heterocycles. The first kappa shape index (κ1) is 10.4. The maximum absolute atomic E-state index is 9.28. The van der Waals surface area contributed by atoms with Gasteiger partial charge in [0.15, 0.2) is 0 Å². The van der Waals surface area contributed by atoms with Crippen LogP contribution in [0.3, 0.4) is 0 Å². The smallest absolute Gasteiger partial charge is 0.0578 e. The van der Waals surface area contributed by atoms with Gasteiger partial charge in [-0.2, -0.15) is 0 Å². The number of nitrogens with one attached hydrogen (secondary N) is 1. The minimum Gasteiger partial charge on any atom is -0.393 e. The largest absolute Gasteiger partial charge is 0.393 e. The Morgan fingerprint density at radius 1 is 1.64 bits per heavy atom. The van der Waals surface area contributed by atoms with Gasteiger partial charge in [0.2, 0.25) is 0 Å². The molecule has 0 radical (unpaired) electrons. The number of aliphatic hydroxyl groups excluding tert-OH is 1. The summed E-state index contributed by atoms with van der Waals surface area (Å²) in [6.07, 6.45) is 5.73. The maximum atomic E-state index is 9.28. The molecule has 0 amide bonds. The predicted molar refractivity (Wildman–Crippen MR) is 48.1 cm³/mol. The lowest BCUT2D eigenvalue weighted by Gasteiger charge is -2.05. The molecule has 2 nitrogen and oxygen atoms in total. The van der Waals surface area contributed by atoms with E-state index in [1.165, 1.54) is 0 Å². The van der Waals surface area contributed by atoms with Gasteiger partial charge in [0, 0.05) is 5.71 Å². The summed E-state index contributed by atoms with van der Waals surface area (Å²) in [5, 5.41) is 16.4. The second-order valence-corrected chi connectivity index (χ2v) is 2.78. The molecule has 0 rings (SSSR count). The van der Waals surface area contributed by atoms with E-state index in [0.717, 1.165) is 0 Å². The summed E-state index contributed by atoms with van der Waals surface area (Å²) in [4.78, 5) is 0. The fourth-order valence-corrected chi connectivity index (χ4v) is 0.794. The van der Waals surface area contributed by atoms with Crippen molar-refractivity contribution in [2.45, 2.75) is 39.2 Å². The van der Waals surface area contributed by atoms with Crippen molar-refractivity contribution in [1.82, 2.24) is 0 Å². The zero-order valence-electron chi connectivity index (χ0n) is 7.30.